The predicted molar refractivity (Wildman–Crippen MR) is 105 cm³/mol. The van der Waals surface area contributed by atoms with E-state index >= 15 is 0 Å². The molecule has 2 aromatic carbocycles. The van der Waals surface area contributed by atoms with Gasteiger partial charge < -0.3 is 0 Å². The predicted octanol–water partition coefficient (Wildman–Crippen LogP) is 3.02. The number of nitrogens with one attached hydrogen (secondary N) is 1. The Kier molecular flexibility index (Phi) is 6.03. The molecule has 1 aliphatic rings. The highest BCUT2D eigenvalue weighted by atomic mass is 32.2. The third-order valence-electron chi connectivity index (χ3n) is 4.53. The van der Waals surface area contributed by atoms with Crippen molar-refractivity contribution in [1.82, 2.24) is 9.73 Å². The summed E-state index contributed by atoms with van der Waals surface area (Å²) in [7, 11) is -3.56. The normalized spacial score (nSPS) is 15.7. The van der Waals surface area contributed by atoms with E-state index in [-0.39, 0.29) is 10.5 Å². The molecular formula is C20H23N3O3S. The van der Waals surface area contributed by atoms with Crippen molar-refractivity contribution in [2.24, 2.45) is 5.10 Å². The number of nitrogens with zero attached hydrogens (tertiary/aromatic N) is 2. The molecular weight excluding hydrogens is 362 g/mol. The Labute approximate surface area is 159 Å². The molecule has 0 unspecified atom stereocenters. The molecule has 1 heterocycles. The van der Waals surface area contributed by atoms with Gasteiger partial charge in [-0.15, -0.1) is 0 Å². The van der Waals surface area contributed by atoms with Gasteiger partial charge in [-0.1, -0.05) is 43.3 Å². The molecule has 1 aliphatic heterocycles. The lowest BCUT2D eigenvalue weighted by molar-refractivity contribution is 0.0954. The van der Waals surface area contributed by atoms with Crippen LogP contribution in [-0.4, -0.2) is 37.4 Å². The topological polar surface area (TPSA) is 78.8 Å². The molecule has 7 heteroatoms. The quantitative estimate of drug-likeness (QED) is 0.613. The fourth-order valence-electron chi connectivity index (χ4n) is 3.04. The van der Waals surface area contributed by atoms with Crippen LogP contribution in [0, 0.1) is 0 Å². The van der Waals surface area contributed by atoms with Crippen molar-refractivity contribution < 1.29 is 13.2 Å². The van der Waals surface area contributed by atoms with Crippen LogP contribution in [0.4, 0.5) is 0 Å². The summed E-state index contributed by atoms with van der Waals surface area (Å²) in [5, 5.41) is 4.22. The average molecular weight is 385 g/mol. The van der Waals surface area contributed by atoms with E-state index in [1.807, 2.05) is 37.3 Å². The highest BCUT2D eigenvalue weighted by Crippen LogP contribution is 2.21. The largest absolute Gasteiger partial charge is 0.271 e. The lowest BCUT2D eigenvalue weighted by atomic mass is 10.1. The van der Waals surface area contributed by atoms with E-state index in [1.165, 1.54) is 16.4 Å². The molecule has 0 saturated carbocycles. The summed E-state index contributed by atoms with van der Waals surface area (Å²) < 4.78 is 26.8. The summed E-state index contributed by atoms with van der Waals surface area (Å²) in [6, 6.07) is 15.7. The summed E-state index contributed by atoms with van der Waals surface area (Å²) in [5.41, 5.74) is 4.49. The first kappa shape index (κ1) is 19.3. The van der Waals surface area contributed by atoms with Crippen molar-refractivity contribution in [2.75, 3.05) is 13.1 Å². The summed E-state index contributed by atoms with van der Waals surface area (Å²) >= 11 is 0. The number of benzene rings is 2. The van der Waals surface area contributed by atoms with Gasteiger partial charge in [0.15, 0.2) is 0 Å². The minimum atomic E-state index is -3.56. The van der Waals surface area contributed by atoms with Gasteiger partial charge in [0, 0.05) is 18.7 Å². The maximum absolute atomic E-state index is 12.7. The molecule has 0 aliphatic carbocycles. The molecule has 0 radical (unpaired) electrons. The number of carbonyl (C=O) groups is 1. The Hall–Kier alpha value is -2.51. The van der Waals surface area contributed by atoms with Crippen LogP contribution in [0.1, 0.15) is 42.1 Å². The molecule has 2 aromatic rings. The zero-order valence-corrected chi connectivity index (χ0v) is 16.1. The van der Waals surface area contributed by atoms with E-state index in [0.29, 0.717) is 19.5 Å². The van der Waals surface area contributed by atoms with Crippen LogP contribution in [0.15, 0.2) is 64.6 Å². The highest BCUT2D eigenvalue weighted by molar-refractivity contribution is 7.89. The molecule has 0 aromatic heterocycles. The summed E-state index contributed by atoms with van der Waals surface area (Å²) in [4.78, 5) is 12.6. The van der Waals surface area contributed by atoms with E-state index in [2.05, 4.69) is 10.5 Å². The van der Waals surface area contributed by atoms with Gasteiger partial charge in [-0.05, 0) is 43.0 Å². The Morgan fingerprint density at radius 3 is 2.37 bits per heavy atom. The maximum atomic E-state index is 12.7. The van der Waals surface area contributed by atoms with E-state index in [1.54, 1.807) is 12.1 Å². The fraction of sp³-hybridized carbons (Fsp3) is 0.300. The minimum absolute atomic E-state index is 0.139. The van der Waals surface area contributed by atoms with Crippen LogP contribution in [-0.2, 0) is 10.0 Å². The van der Waals surface area contributed by atoms with Crippen molar-refractivity contribution in [3.63, 3.8) is 0 Å². The lowest BCUT2D eigenvalue weighted by Gasteiger charge is -2.15. The van der Waals surface area contributed by atoms with Gasteiger partial charge in [-0.25, -0.2) is 13.8 Å². The number of hydrogen-bond donors (Lipinski definition) is 1. The fourth-order valence-corrected chi connectivity index (χ4v) is 4.60. The first-order chi connectivity index (χ1) is 13.0. The van der Waals surface area contributed by atoms with Gasteiger partial charge in [0.1, 0.15) is 0 Å². The molecule has 0 bridgehead atoms. The van der Waals surface area contributed by atoms with Crippen LogP contribution in [0.25, 0.3) is 0 Å². The number of sulfonamides is 1. The number of rotatable bonds is 6. The first-order valence-corrected chi connectivity index (χ1v) is 10.5. The van der Waals surface area contributed by atoms with Gasteiger partial charge >= 0.3 is 0 Å². The van der Waals surface area contributed by atoms with Crippen LogP contribution >= 0.6 is 0 Å². The number of amides is 1. The molecule has 1 fully saturated rings. The second kappa shape index (κ2) is 8.45. The van der Waals surface area contributed by atoms with Gasteiger partial charge in [0.2, 0.25) is 10.0 Å². The monoisotopic (exact) mass is 385 g/mol. The van der Waals surface area contributed by atoms with Gasteiger partial charge in [-0.2, -0.15) is 9.41 Å². The summed E-state index contributed by atoms with van der Waals surface area (Å²) in [6.07, 6.45) is 2.40. The first-order valence-electron chi connectivity index (χ1n) is 9.05. The molecule has 1 amide bonds. The van der Waals surface area contributed by atoms with Gasteiger partial charge in [-0.3, -0.25) is 4.79 Å². The molecule has 0 atom stereocenters. The summed E-state index contributed by atoms with van der Waals surface area (Å²) in [6.45, 7) is 3.02. The Bertz CT molecular complexity index is 934. The SMILES string of the molecule is CC/C(=N\NC(=O)c1cccc(S(=O)(=O)N2CCCC2)c1)c1ccccc1. The molecule has 1 N–H and O–H groups in total. The molecule has 27 heavy (non-hydrogen) atoms. The molecule has 1 saturated heterocycles. The Morgan fingerprint density at radius 1 is 1.04 bits per heavy atom. The maximum Gasteiger partial charge on any atom is 0.271 e. The standard InChI is InChI=1S/C20H23N3O3S/c1-2-19(16-9-4-3-5-10-16)21-22-20(24)17-11-8-12-18(15-17)27(25,26)23-13-6-7-14-23/h3-5,8-12,15H,2,6-7,13-14H2,1H3,(H,22,24)/b21-19+. The zero-order valence-electron chi connectivity index (χ0n) is 15.3. The van der Waals surface area contributed by atoms with Crippen molar-refractivity contribution in [2.45, 2.75) is 31.1 Å². The van der Waals surface area contributed by atoms with Crippen LogP contribution < -0.4 is 5.43 Å². The smallest absolute Gasteiger partial charge is 0.267 e. The van der Waals surface area contributed by atoms with Crippen LogP contribution in [0.2, 0.25) is 0 Å². The van der Waals surface area contributed by atoms with E-state index in [4.69, 9.17) is 0 Å². The number of carbonyl (C=O) groups excluding carboxylic acids is 1. The molecule has 6 nitrogen and oxygen atoms in total. The molecule has 3 rings (SSSR count). The zero-order chi connectivity index (χ0) is 19.3. The van der Waals surface area contributed by atoms with Crippen molar-refractivity contribution in [1.29, 1.82) is 0 Å². The summed E-state index contributed by atoms with van der Waals surface area (Å²) in [5.74, 6) is -0.435. The average Bonchev–Trinajstić information content (AvgIpc) is 3.25. The minimum Gasteiger partial charge on any atom is -0.267 e. The number of hydrazone groups is 1. The van der Waals surface area contributed by atoms with Crippen molar-refractivity contribution in [3.05, 3.63) is 65.7 Å². The van der Waals surface area contributed by atoms with Gasteiger partial charge in [0.05, 0.1) is 10.6 Å². The van der Waals surface area contributed by atoms with Gasteiger partial charge in [0.25, 0.3) is 5.91 Å². The third kappa shape index (κ3) is 4.43. The van der Waals surface area contributed by atoms with Crippen molar-refractivity contribution >= 4 is 21.6 Å². The lowest BCUT2D eigenvalue weighted by Crippen LogP contribution is -2.28. The number of hydrogen-bond acceptors (Lipinski definition) is 4. The van der Waals surface area contributed by atoms with Crippen LogP contribution in [0.3, 0.4) is 0 Å². The third-order valence-corrected chi connectivity index (χ3v) is 6.43. The van der Waals surface area contributed by atoms with Crippen LogP contribution in [0.5, 0.6) is 0 Å². The molecule has 142 valence electrons. The highest BCUT2D eigenvalue weighted by Gasteiger charge is 2.27. The van der Waals surface area contributed by atoms with E-state index < -0.39 is 15.9 Å². The molecule has 0 spiro atoms. The van der Waals surface area contributed by atoms with E-state index in [0.717, 1.165) is 24.1 Å². The second-order valence-electron chi connectivity index (χ2n) is 6.36. The second-order valence-corrected chi connectivity index (χ2v) is 8.30. The Morgan fingerprint density at radius 2 is 1.70 bits per heavy atom. The van der Waals surface area contributed by atoms with E-state index in [9.17, 15) is 13.2 Å². The van der Waals surface area contributed by atoms with Crippen molar-refractivity contribution in [3.8, 4) is 0 Å². The Balaban J connectivity index is 1.78.